The largest absolute Gasteiger partial charge is 0.478 e. The molecule has 0 heterocycles. The third-order valence-electron chi connectivity index (χ3n) is 3.54. The molecule has 2 N–H and O–H groups in total. The van der Waals surface area contributed by atoms with Crippen LogP contribution in [0.4, 0.5) is 0 Å². The third kappa shape index (κ3) is 4.28. The molecule has 1 aromatic rings. The Morgan fingerprint density at radius 1 is 1.29 bits per heavy atom. The van der Waals surface area contributed by atoms with Crippen LogP contribution in [0.3, 0.4) is 0 Å². The van der Waals surface area contributed by atoms with Gasteiger partial charge in [-0.05, 0) is 36.5 Å². The summed E-state index contributed by atoms with van der Waals surface area (Å²) in [4.78, 5) is 11.1. The first kappa shape index (κ1) is 17.7. The van der Waals surface area contributed by atoms with Crippen molar-refractivity contribution in [2.24, 2.45) is 5.92 Å². The molecule has 5 nitrogen and oxygen atoms in total. The number of nitrogens with one attached hydrogen (secondary N) is 1. The first-order chi connectivity index (χ1) is 9.72. The molecule has 0 aliphatic heterocycles. The molecule has 118 valence electrons. The molecule has 0 saturated heterocycles. The zero-order valence-electron chi connectivity index (χ0n) is 12.9. The number of rotatable bonds is 7. The van der Waals surface area contributed by atoms with Crippen molar-refractivity contribution in [3.8, 4) is 0 Å². The molecule has 1 aromatic carbocycles. The van der Waals surface area contributed by atoms with Gasteiger partial charge in [0, 0.05) is 6.04 Å². The van der Waals surface area contributed by atoms with E-state index in [0.717, 1.165) is 0 Å². The highest BCUT2D eigenvalue weighted by Crippen LogP contribution is 2.20. The van der Waals surface area contributed by atoms with Crippen molar-refractivity contribution in [3.63, 3.8) is 0 Å². The minimum atomic E-state index is -3.73. The molecule has 0 bridgehead atoms. The molecule has 1 unspecified atom stereocenters. The second-order valence-electron chi connectivity index (χ2n) is 5.36. The van der Waals surface area contributed by atoms with Gasteiger partial charge < -0.3 is 5.11 Å². The third-order valence-corrected chi connectivity index (χ3v) is 5.11. The van der Waals surface area contributed by atoms with E-state index < -0.39 is 16.0 Å². The summed E-state index contributed by atoms with van der Waals surface area (Å²) in [6, 6.07) is 4.05. The average molecular weight is 313 g/mol. The van der Waals surface area contributed by atoms with Crippen LogP contribution in [0.5, 0.6) is 0 Å². The summed E-state index contributed by atoms with van der Waals surface area (Å²) in [5.74, 6) is -0.970. The average Bonchev–Trinajstić information content (AvgIpc) is 2.43. The van der Waals surface area contributed by atoms with Crippen LogP contribution in [0.1, 0.15) is 50.0 Å². The molecule has 6 heteroatoms. The molecule has 0 amide bonds. The quantitative estimate of drug-likeness (QED) is 0.810. The topological polar surface area (TPSA) is 83.5 Å². The van der Waals surface area contributed by atoms with Crippen LogP contribution < -0.4 is 4.72 Å². The van der Waals surface area contributed by atoms with E-state index in [1.54, 1.807) is 6.07 Å². The van der Waals surface area contributed by atoms with E-state index in [1.165, 1.54) is 12.1 Å². The van der Waals surface area contributed by atoms with Gasteiger partial charge in [-0.15, -0.1) is 0 Å². The Balaban J connectivity index is 3.29. The number of aryl methyl sites for hydroxylation is 1. The lowest BCUT2D eigenvalue weighted by atomic mass is 10.0. The maximum Gasteiger partial charge on any atom is 0.335 e. The van der Waals surface area contributed by atoms with Crippen LogP contribution in [0.25, 0.3) is 0 Å². The number of hydrogen-bond donors (Lipinski definition) is 2. The Morgan fingerprint density at radius 2 is 1.90 bits per heavy atom. The van der Waals surface area contributed by atoms with Crippen LogP contribution >= 0.6 is 0 Å². The fraction of sp³-hybridized carbons (Fsp3) is 0.533. The molecule has 0 aromatic heterocycles. The van der Waals surface area contributed by atoms with E-state index in [2.05, 4.69) is 4.72 Å². The number of hydrogen-bond acceptors (Lipinski definition) is 3. The Labute approximate surface area is 126 Å². The van der Waals surface area contributed by atoms with Crippen molar-refractivity contribution in [2.45, 2.75) is 51.5 Å². The lowest BCUT2D eigenvalue weighted by molar-refractivity contribution is 0.0696. The number of carboxylic acids is 1. The molecule has 21 heavy (non-hydrogen) atoms. The van der Waals surface area contributed by atoms with Crippen LogP contribution in [-0.4, -0.2) is 25.5 Å². The first-order valence-electron chi connectivity index (χ1n) is 7.11. The van der Waals surface area contributed by atoms with Crippen LogP contribution in [0.2, 0.25) is 0 Å². The molecule has 1 rings (SSSR count). The van der Waals surface area contributed by atoms with Crippen LogP contribution in [0, 0.1) is 5.92 Å². The predicted molar refractivity (Wildman–Crippen MR) is 82.0 cm³/mol. The number of benzene rings is 1. The van der Waals surface area contributed by atoms with Gasteiger partial charge >= 0.3 is 5.97 Å². The SMILES string of the molecule is CCc1ccc(C(=O)O)cc1S(=O)(=O)NC(CC)C(C)C. The summed E-state index contributed by atoms with van der Waals surface area (Å²) in [5.41, 5.74) is 0.594. The molecule has 0 aliphatic carbocycles. The predicted octanol–water partition coefficient (Wildman–Crippen LogP) is 2.66. The van der Waals surface area contributed by atoms with Gasteiger partial charge in [0.15, 0.2) is 0 Å². The van der Waals surface area contributed by atoms with Crippen molar-refractivity contribution in [3.05, 3.63) is 29.3 Å². The molecule has 0 radical (unpaired) electrons. The van der Waals surface area contributed by atoms with Gasteiger partial charge in [0.25, 0.3) is 0 Å². The molecule has 1 atom stereocenters. The summed E-state index contributed by atoms with van der Waals surface area (Å²) in [6.07, 6.45) is 1.20. The fourth-order valence-electron chi connectivity index (χ4n) is 2.18. The number of carboxylic acid groups (broad SMARTS) is 1. The summed E-state index contributed by atoms with van der Waals surface area (Å²) >= 11 is 0. The van der Waals surface area contributed by atoms with E-state index >= 15 is 0 Å². The molecule has 0 aliphatic rings. The molecular formula is C15H23NO4S. The van der Waals surface area contributed by atoms with Gasteiger partial charge in [-0.3, -0.25) is 0 Å². The van der Waals surface area contributed by atoms with Gasteiger partial charge in [-0.25, -0.2) is 17.9 Å². The maximum absolute atomic E-state index is 12.6. The molecular weight excluding hydrogens is 290 g/mol. The minimum Gasteiger partial charge on any atom is -0.478 e. The first-order valence-corrected chi connectivity index (χ1v) is 8.59. The van der Waals surface area contributed by atoms with Crippen molar-refractivity contribution in [2.75, 3.05) is 0 Å². The number of aromatic carboxylic acids is 1. The highest BCUT2D eigenvalue weighted by atomic mass is 32.2. The number of sulfonamides is 1. The zero-order valence-corrected chi connectivity index (χ0v) is 13.7. The molecule has 0 fully saturated rings. The summed E-state index contributed by atoms with van der Waals surface area (Å²) in [7, 11) is -3.73. The van der Waals surface area contributed by atoms with Crippen molar-refractivity contribution >= 4 is 16.0 Å². The Morgan fingerprint density at radius 3 is 2.33 bits per heavy atom. The van der Waals surface area contributed by atoms with E-state index in [4.69, 9.17) is 5.11 Å². The second kappa shape index (κ2) is 7.04. The zero-order chi connectivity index (χ0) is 16.2. The minimum absolute atomic E-state index is 0.0230. The highest BCUT2D eigenvalue weighted by molar-refractivity contribution is 7.89. The van der Waals surface area contributed by atoms with Crippen molar-refractivity contribution in [1.82, 2.24) is 4.72 Å². The van der Waals surface area contributed by atoms with Crippen molar-refractivity contribution < 1.29 is 18.3 Å². The Hall–Kier alpha value is -1.40. The van der Waals surface area contributed by atoms with E-state index in [1.807, 2.05) is 27.7 Å². The lowest BCUT2D eigenvalue weighted by Gasteiger charge is -2.21. The standard InChI is InChI=1S/C15H23NO4S/c1-5-11-7-8-12(15(17)18)9-14(11)21(19,20)16-13(6-2)10(3)4/h7-10,13,16H,5-6H2,1-4H3,(H,17,18). The Bertz CT molecular complexity index is 608. The Kier molecular flexibility index (Phi) is 5.92. The lowest BCUT2D eigenvalue weighted by Crippen LogP contribution is -2.38. The smallest absolute Gasteiger partial charge is 0.335 e. The monoisotopic (exact) mass is 313 g/mol. The summed E-state index contributed by atoms with van der Waals surface area (Å²) < 4.78 is 27.8. The van der Waals surface area contributed by atoms with E-state index in [-0.39, 0.29) is 22.4 Å². The van der Waals surface area contributed by atoms with Gasteiger partial charge in [-0.1, -0.05) is 33.8 Å². The van der Waals surface area contributed by atoms with Crippen molar-refractivity contribution in [1.29, 1.82) is 0 Å². The van der Waals surface area contributed by atoms with E-state index in [9.17, 15) is 13.2 Å². The molecule has 0 spiro atoms. The van der Waals surface area contributed by atoms with Gasteiger partial charge in [0.2, 0.25) is 10.0 Å². The fourth-order valence-corrected chi connectivity index (χ4v) is 3.99. The van der Waals surface area contributed by atoms with E-state index in [0.29, 0.717) is 18.4 Å². The summed E-state index contributed by atoms with van der Waals surface area (Å²) in [5, 5.41) is 9.04. The van der Waals surface area contributed by atoms with Gasteiger partial charge in [0.1, 0.15) is 0 Å². The second-order valence-corrected chi connectivity index (χ2v) is 7.04. The van der Waals surface area contributed by atoms with Crippen LogP contribution in [0.15, 0.2) is 23.1 Å². The molecule has 0 saturated carbocycles. The maximum atomic E-state index is 12.6. The van der Waals surface area contributed by atoms with Gasteiger partial charge in [-0.2, -0.15) is 0 Å². The summed E-state index contributed by atoms with van der Waals surface area (Å²) in [6.45, 7) is 7.66. The highest BCUT2D eigenvalue weighted by Gasteiger charge is 2.24. The van der Waals surface area contributed by atoms with Crippen LogP contribution in [-0.2, 0) is 16.4 Å². The number of carbonyl (C=O) groups is 1. The normalized spacial score (nSPS) is 13.4. The van der Waals surface area contributed by atoms with Gasteiger partial charge in [0.05, 0.1) is 10.5 Å².